The summed E-state index contributed by atoms with van der Waals surface area (Å²) in [4.78, 5) is 18.2. The second kappa shape index (κ2) is 9.71. The predicted molar refractivity (Wildman–Crippen MR) is 157 cm³/mol. The molecule has 4 atom stereocenters. The maximum absolute atomic E-state index is 16.7. The molecule has 7 nitrogen and oxygen atoms in total. The fourth-order valence-corrected chi connectivity index (χ4v) is 8.08. The van der Waals surface area contributed by atoms with E-state index >= 15 is 4.39 Å². The van der Waals surface area contributed by atoms with Crippen molar-refractivity contribution in [2.24, 2.45) is 5.92 Å². The number of hydrogen-bond donors (Lipinski definition) is 1. The van der Waals surface area contributed by atoms with Gasteiger partial charge in [-0.15, -0.1) is 6.42 Å². The Morgan fingerprint density at radius 1 is 1.16 bits per heavy atom. The van der Waals surface area contributed by atoms with Crippen LogP contribution >= 0.6 is 0 Å². The van der Waals surface area contributed by atoms with Gasteiger partial charge in [0.05, 0.1) is 16.5 Å². The minimum absolute atomic E-state index is 0.0125. The van der Waals surface area contributed by atoms with E-state index in [9.17, 15) is 13.9 Å². The molecule has 43 heavy (non-hydrogen) atoms. The van der Waals surface area contributed by atoms with Crippen LogP contribution in [0.5, 0.6) is 11.8 Å². The summed E-state index contributed by atoms with van der Waals surface area (Å²) in [7, 11) is 0. The first-order valence-electron chi connectivity index (χ1n) is 14.9. The average Bonchev–Trinajstić information content (AvgIpc) is 3.77. The van der Waals surface area contributed by atoms with Crippen LogP contribution in [0.25, 0.3) is 32.9 Å². The number of anilines is 1. The highest BCUT2D eigenvalue weighted by molar-refractivity contribution is 6.03. The molecule has 8 rings (SSSR count). The number of aromatic hydroxyl groups is 1. The normalized spacial score (nSPS) is 26.5. The van der Waals surface area contributed by atoms with Crippen LogP contribution < -0.4 is 9.64 Å². The van der Waals surface area contributed by atoms with E-state index in [0.717, 1.165) is 45.2 Å². The van der Waals surface area contributed by atoms with Gasteiger partial charge in [0.1, 0.15) is 41.4 Å². The zero-order valence-corrected chi connectivity index (χ0v) is 23.5. The molecule has 5 heterocycles. The molecular weight excluding hydrogens is 555 g/mol. The SMILES string of the molecule is C#Cc1c(F)ccc2cc(O)cc(-c3ncc4c(N5CC6CCC5C6)nc(OC[C@@]56CCCN5CC(F)C6)nc4c3F)c12. The summed E-state index contributed by atoms with van der Waals surface area (Å²) in [5.41, 5.74) is -0.408. The number of rotatable bonds is 5. The summed E-state index contributed by atoms with van der Waals surface area (Å²) in [6, 6.07) is 5.81. The topological polar surface area (TPSA) is 74.6 Å². The Morgan fingerprint density at radius 3 is 2.84 bits per heavy atom. The summed E-state index contributed by atoms with van der Waals surface area (Å²) in [5, 5.41) is 11.7. The van der Waals surface area contributed by atoms with Gasteiger partial charge in [-0.3, -0.25) is 9.88 Å². The van der Waals surface area contributed by atoms with Gasteiger partial charge in [-0.1, -0.05) is 12.0 Å². The number of pyridine rings is 1. The van der Waals surface area contributed by atoms with E-state index in [1.807, 2.05) is 0 Å². The van der Waals surface area contributed by atoms with Crippen LogP contribution in [0, 0.1) is 29.9 Å². The average molecular weight is 586 g/mol. The molecule has 2 aromatic heterocycles. The fraction of sp³-hybridized carbons (Fsp3) is 0.424. The molecule has 4 aromatic rings. The Labute approximate surface area is 246 Å². The van der Waals surface area contributed by atoms with Crippen LogP contribution in [0.4, 0.5) is 19.0 Å². The van der Waals surface area contributed by atoms with Gasteiger partial charge < -0.3 is 14.7 Å². The third kappa shape index (κ3) is 4.12. The number of benzene rings is 2. The van der Waals surface area contributed by atoms with Gasteiger partial charge in [-0.25, -0.2) is 13.2 Å². The first-order chi connectivity index (χ1) is 20.8. The van der Waals surface area contributed by atoms with E-state index in [-0.39, 0.29) is 46.1 Å². The number of terminal acetylenes is 1. The summed E-state index contributed by atoms with van der Waals surface area (Å²) in [6.45, 7) is 2.24. The van der Waals surface area contributed by atoms with Gasteiger partial charge in [0, 0.05) is 42.7 Å². The van der Waals surface area contributed by atoms with Crippen molar-refractivity contribution >= 4 is 27.5 Å². The fourth-order valence-electron chi connectivity index (χ4n) is 8.08. The molecule has 2 bridgehead atoms. The minimum atomic E-state index is -0.905. The minimum Gasteiger partial charge on any atom is -0.508 e. The second-order valence-electron chi connectivity index (χ2n) is 12.5. The number of phenolic OH excluding ortho intramolecular Hbond substituents is 1. The lowest BCUT2D eigenvalue weighted by Gasteiger charge is -2.31. The van der Waals surface area contributed by atoms with E-state index in [4.69, 9.17) is 16.1 Å². The van der Waals surface area contributed by atoms with Gasteiger partial charge in [0.25, 0.3) is 0 Å². The Hall–Kier alpha value is -4.10. The third-order valence-electron chi connectivity index (χ3n) is 10.0. The first kappa shape index (κ1) is 26.5. The van der Waals surface area contributed by atoms with Crippen molar-refractivity contribution in [1.29, 1.82) is 0 Å². The van der Waals surface area contributed by atoms with Crippen LogP contribution in [0.2, 0.25) is 0 Å². The van der Waals surface area contributed by atoms with Crippen molar-refractivity contribution in [2.45, 2.75) is 56.3 Å². The maximum atomic E-state index is 16.7. The van der Waals surface area contributed by atoms with E-state index in [0.29, 0.717) is 41.5 Å². The van der Waals surface area contributed by atoms with Gasteiger partial charge >= 0.3 is 6.01 Å². The highest BCUT2D eigenvalue weighted by atomic mass is 19.1. The van der Waals surface area contributed by atoms with Crippen molar-refractivity contribution in [3.63, 3.8) is 0 Å². The number of nitrogens with zero attached hydrogens (tertiary/aromatic N) is 5. The highest BCUT2D eigenvalue weighted by Gasteiger charge is 2.49. The maximum Gasteiger partial charge on any atom is 0.319 e. The molecule has 4 aliphatic rings. The number of phenols is 1. The Balaban J connectivity index is 1.28. The molecule has 4 fully saturated rings. The Kier molecular flexibility index (Phi) is 5.99. The van der Waals surface area contributed by atoms with E-state index in [2.05, 4.69) is 25.7 Å². The van der Waals surface area contributed by atoms with E-state index in [1.165, 1.54) is 30.5 Å². The molecule has 0 radical (unpaired) electrons. The molecule has 3 unspecified atom stereocenters. The van der Waals surface area contributed by atoms with E-state index in [1.54, 1.807) is 0 Å². The molecule has 0 amide bonds. The van der Waals surface area contributed by atoms with Crippen molar-refractivity contribution in [2.75, 3.05) is 31.1 Å². The number of ether oxygens (including phenoxy) is 1. The van der Waals surface area contributed by atoms with Crippen molar-refractivity contribution < 1.29 is 23.0 Å². The monoisotopic (exact) mass is 585 g/mol. The van der Waals surface area contributed by atoms with Crippen LogP contribution in [0.15, 0.2) is 30.5 Å². The van der Waals surface area contributed by atoms with Crippen molar-refractivity contribution in [3.8, 4) is 35.4 Å². The van der Waals surface area contributed by atoms with Crippen molar-refractivity contribution in [1.82, 2.24) is 19.9 Å². The number of halogens is 3. The van der Waals surface area contributed by atoms with Gasteiger partial charge in [0.2, 0.25) is 0 Å². The molecule has 0 spiro atoms. The summed E-state index contributed by atoms with van der Waals surface area (Å²) < 4.78 is 52.1. The zero-order valence-electron chi connectivity index (χ0n) is 23.5. The zero-order chi connectivity index (χ0) is 29.5. The number of piperidine rings is 1. The number of fused-ring (bicyclic) bond motifs is 5. The summed E-state index contributed by atoms with van der Waals surface area (Å²) in [6.07, 6.45) is 11.7. The third-order valence-corrected chi connectivity index (χ3v) is 10.0. The molecule has 3 saturated heterocycles. The quantitative estimate of drug-likeness (QED) is 0.299. The number of aromatic nitrogens is 3. The predicted octanol–water partition coefficient (Wildman–Crippen LogP) is 5.75. The molecule has 1 aliphatic carbocycles. The number of hydrogen-bond acceptors (Lipinski definition) is 7. The smallest absolute Gasteiger partial charge is 0.319 e. The lowest BCUT2D eigenvalue weighted by atomic mass is 9.95. The van der Waals surface area contributed by atoms with Crippen molar-refractivity contribution in [3.05, 3.63) is 47.7 Å². The summed E-state index contributed by atoms with van der Waals surface area (Å²) >= 11 is 0. The second-order valence-corrected chi connectivity index (χ2v) is 12.5. The standard InChI is InChI=1S/C33H30F3N5O2/c1-2-23-26(35)7-5-19-11-22(42)12-24(27(19)23)29-28(36)30-25(14-37-29)31(41-15-18-4-6-21(41)10-18)39-32(38-30)43-17-33-8-3-9-40(33)16-20(34)13-33/h1,5,7,11-12,14,18,20-21,42H,3-4,6,8-10,13,15-17H2/t18?,20?,21?,33-/m0/s1. The Bertz CT molecular complexity index is 1840. The molecular formula is C33H30F3N5O2. The van der Waals surface area contributed by atoms with Crippen LogP contribution in [-0.4, -0.2) is 69.0 Å². The summed E-state index contributed by atoms with van der Waals surface area (Å²) in [5.74, 6) is 1.97. The van der Waals surface area contributed by atoms with Gasteiger partial charge in [-0.2, -0.15) is 9.97 Å². The number of alkyl halides is 1. The lowest BCUT2D eigenvalue weighted by molar-refractivity contribution is 0.107. The molecule has 220 valence electrons. The van der Waals surface area contributed by atoms with Gasteiger partial charge in [-0.05, 0) is 68.2 Å². The first-order valence-corrected chi connectivity index (χ1v) is 14.9. The highest BCUT2D eigenvalue weighted by Crippen LogP contribution is 2.44. The molecule has 2 aromatic carbocycles. The largest absolute Gasteiger partial charge is 0.508 e. The molecule has 10 heteroatoms. The Morgan fingerprint density at radius 2 is 2.05 bits per heavy atom. The van der Waals surface area contributed by atoms with E-state index < -0.39 is 23.3 Å². The van der Waals surface area contributed by atoms with Crippen LogP contribution in [0.1, 0.15) is 44.1 Å². The molecule has 1 saturated carbocycles. The molecule has 1 N–H and O–H groups in total. The molecule has 3 aliphatic heterocycles. The van der Waals surface area contributed by atoms with Crippen LogP contribution in [-0.2, 0) is 0 Å². The van der Waals surface area contributed by atoms with Crippen LogP contribution in [0.3, 0.4) is 0 Å². The lowest BCUT2D eigenvalue weighted by Crippen LogP contribution is -2.43. The van der Waals surface area contributed by atoms with Gasteiger partial charge in [0.15, 0.2) is 5.82 Å².